The topological polar surface area (TPSA) is 67.9 Å². The van der Waals surface area contributed by atoms with Crippen molar-refractivity contribution >= 4 is 11.8 Å². The van der Waals surface area contributed by atoms with E-state index in [9.17, 15) is 9.59 Å². The fourth-order valence-electron chi connectivity index (χ4n) is 3.14. The largest absolute Gasteiger partial charge is 0.494 e. The van der Waals surface area contributed by atoms with Gasteiger partial charge in [-0.3, -0.25) is 9.59 Å². The van der Waals surface area contributed by atoms with Crippen LogP contribution >= 0.6 is 0 Å². The minimum atomic E-state index is -0.425. The first-order chi connectivity index (χ1) is 11.8. The summed E-state index contributed by atoms with van der Waals surface area (Å²) in [6, 6.07) is 7.09. The maximum absolute atomic E-state index is 12.9. The van der Waals surface area contributed by atoms with E-state index in [1.54, 1.807) is 0 Å². The van der Waals surface area contributed by atoms with E-state index in [1.807, 2.05) is 49.9 Å². The number of hydrogen-bond acceptors (Lipinski definition) is 4. The smallest absolute Gasteiger partial charge is 0.225 e. The van der Waals surface area contributed by atoms with Crippen LogP contribution in [0.25, 0.3) is 0 Å². The molecule has 0 aromatic heterocycles. The van der Waals surface area contributed by atoms with Crippen LogP contribution in [-0.4, -0.2) is 48.6 Å². The summed E-state index contributed by atoms with van der Waals surface area (Å²) in [4.78, 5) is 26.5. The summed E-state index contributed by atoms with van der Waals surface area (Å²) in [7, 11) is 0. The van der Waals surface area contributed by atoms with Crippen molar-refractivity contribution in [2.24, 2.45) is 0 Å². The summed E-state index contributed by atoms with van der Waals surface area (Å²) in [5.74, 6) is 0.515. The number of benzene rings is 1. The Morgan fingerprint density at radius 1 is 1.36 bits per heavy atom. The van der Waals surface area contributed by atoms with Gasteiger partial charge in [0.2, 0.25) is 11.8 Å². The molecule has 0 radical (unpaired) electrons. The number of nitrogens with zero attached hydrogens (tertiary/aromatic N) is 1. The molecule has 1 fully saturated rings. The third-order valence-corrected chi connectivity index (χ3v) is 4.30. The predicted molar refractivity (Wildman–Crippen MR) is 95.4 cm³/mol. The summed E-state index contributed by atoms with van der Waals surface area (Å²) in [5, 5.41) is 2.89. The summed E-state index contributed by atoms with van der Waals surface area (Å²) >= 11 is 0. The molecule has 1 aromatic carbocycles. The van der Waals surface area contributed by atoms with Crippen LogP contribution in [0, 0.1) is 0 Å². The van der Waals surface area contributed by atoms with Gasteiger partial charge in [0.25, 0.3) is 0 Å². The monoisotopic (exact) mass is 348 g/mol. The lowest BCUT2D eigenvalue weighted by molar-refractivity contribution is -0.147. The first kappa shape index (κ1) is 19.2. The summed E-state index contributed by atoms with van der Waals surface area (Å²) in [5.41, 5.74) is 0.467. The van der Waals surface area contributed by atoms with Crippen LogP contribution in [0.2, 0.25) is 0 Å². The van der Waals surface area contributed by atoms with Gasteiger partial charge in [0, 0.05) is 19.0 Å². The zero-order valence-corrected chi connectivity index (χ0v) is 15.5. The molecule has 0 saturated carbocycles. The van der Waals surface area contributed by atoms with E-state index in [0.29, 0.717) is 32.1 Å². The number of nitrogens with one attached hydrogen (secondary N) is 1. The zero-order valence-electron chi connectivity index (χ0n) is 15.5. The van der Waals surface area contributed by atoms with Gasteiger partial charge >= 0.3 is 0 Å². The van der Waals surface area contributed by atoms with Crippen LogP contribution in [0.3, 0.4) is 0 Å². The van der Waals surface area contributed by atoms with Gasteiger partial charge in [0.1, 0.15) is 5.75 Å². The summed E-state index contributed by atoms with van der Waals surface area (Å²) < 4.78 is 11.2. The van der Waals surface area contributed by atoms with Crippen molar-refractivity contribution in [1.82, 2.24) is 10.2 Å². The number of rotatable bonds is 6. The van der Waals surface area contributed by atoms with Crippen molar-refractivity contribution in [3.63, 3.8) is 0 Å². The number of carbonyl (C=O) groups excluding carboxylic acids is 2. The molecule has 1 heterocycles. The average molecular weight is 348 g/mol. The maximum atomic E-state index is 12.9. The van der Waals surface area contributed by atoms with E-state index in [0.717, 1.165) is 5.56 Å². The van der Waals surface area contributed by atoms with Gasteiger partial charge in [-0.15, -0.1) is 0 Å². The van der Waals surface area contributed by atoms with Crippen molar-refractivity contribution in [3.8, 4) is 5.75 Å². The molecule has 1 aliphatic rings. The molecule has 1 N–H and O–H groups in total. The van der Waals surface area contributed by atoms with Crippen LogP contribution in [0.1, 0.15) is 45.7 Å². The van der Waals surface area contributed by atoms with Gasteiger partial charge in [-0.1, -0.05) is 18.2 Å². The molecule has 1 unspecified atom stereocenters. The van der Waals surface area contributed by atoms with Crippen LogP contribution in [-0.2, 0) is 14.3 Å². The lowest BCUT2D eigenvalue weighted by atomic mass is 9.98. The standard InChI is InChI=1S/C19H28N2O4/c1-5-25-17-9-7-6-8-15(17)16(20-14(2)22)12-18(23)21-10-11-24-13-19(21,3)4/h6-9,16H,5,10-13H2,1-4H3,(H,20,22). The van der Waals surface area contributed by atoms with Crippen molar-refractivity contribution in [3.05, 3.63) is 29.8 Å². The minimum absolute atomic E-state index is 0.00153. The fraction of sp³-hybridized carbons (Fsp3) is 0.579. The van der Waals surface area contributed by atoms with E-state index < -0.39 is 6.04 Å². The molecule has 6 nitrogen and oxygen atoms in total. The highest BCUT2D eigenvalue weighted by atomic mass is 16.5. The van der Waals surface area contributed by atoms with Crippen molar-refractivity contribution in [2.45, 2.75) is 45.7 Å². The Morgan fingerprint density at radius 3 is 2.72 bits per heavy atom. The molecule has 1 aliphatic heterocycles. The molecule has 2 rings (SSSR count). The van der Waals surface area contributed by atoms with Crippen molar-refractivity contribution in [1.29, 1.82) is 0 Å². The fourth-order valence-corrected chi connectivity index (χ4v) is 3.14. The Kier molecular flexibility index (Phi) is 6.42. The molecule has 0 aliphatic carbocycles. The van der Waals surface area contributed by atoms with Gasteiger partial charge in [-0.2, -0.15) is 0 Å². The van der Waals surface area contributed by atoms with E-state index in [1.165, 1.54) is 6.92 Å². The van der Waals surface area contributed by atoms with E-state index in [2.05, 4.69) is 5.32 Å². The molecular weight excluding hydrogens is 320 g/mol. The number of morpholine rings is 1. The van der Waals surface area contributed by atoms with E-state index >= 15 is 0 Å². The maximum Gasteiger partial charge on any atom is 0.225 e. The van der Waals surface area contributed by atoms with Gasteiger partial charge < -0.3 is 19.7 Å². The van der Waals surface area contributed by atoms with Crippen molar-refractivity contribution in [2.75, 3.05) is 26.4 Å². The second-order valence-electron chi connectivity index (χ2n) is 6.84. The molecular formula is C19H28N2O4. The highest BCUT2D eigenvalue weighted by Crippen LogP contribution is 2.29. The summed E-state index contributed by atoms with van der Waals surface area (Å²) in [6.07, 6.45) is 0.188. The molecule has 0 bridgehead atoms. The second kappa shape index (κ2) is 8.34. The normalized spacial score (nSPS) is 17.7. The number of hydrogen-bond donors (Lipinski definition) is 1. The van der Waals surface area contributed by atoms with Crippen LogP contribution < -0.4 is 10.1 Å². The minimum Gasteiger partial charge on any atom is -0.494 e. The van der Waals surface area contributed by atoms with Gasteiger partial charge in [0.05, 0.1) is 37.8 Å². The first-order valence-electron chi connectivity index (χ1n) is 8.72. The van der Waals surface area contributed by atoms with E-state index in [4.69, 9.17) is 9.47 Å². The van der Waals surface area contributed by atoms with E-state index in [-0.39, 0.29) is 23.8 Å². The van der Waals surface area contributed by atoms with Crippen LogP contribution in [0.5, 0.6) is 5.75 Å². The average Bonchev–Trinajstić information content (AvgIpc) is 2.54. The molecule has 6 heteroatoms. The van der Waals surface area contributed by atoms with Crippen molar-refractivity contribution < 1.29 is 19.1 Å². The van der Waals surface area contributed by atoms with Gasteiger partial charge in [-0.05, 0) is 26.8 Å². The molecule has 25 heavy (non-hydrogen) atoms. The SMILES string of the molecule is CCOc1ccccc1C(CC(=O)N1CCOCC1(C)C)NC(C)=O. The number of para-hydroxylation sites is 1. The Labute approximate surface area is 149 Å². The quantitative estimate of drug-likeness (QED) is 0.856. The molecule has 1 atom stereocenters. The number of amides is 2. The first-order valence-corrected chi connectivity index (χ1v) is 8.72. The molecule has 1 saturated heterocycles. The molecule has 138 valence electrons. The van der Waals surface area contributed by atoms with Crippen LogP contribution in [0.4, 0.5) is 0 Å². The highest BCUT2D eigenvalue weighted by Gasteiger charge is 2.35. The Morgan fingerprint density at radius 2 is 2.08 bits per heavy atom. The Bertz CT molecular complexity index is 615. The lowest BCUT2D eigenvalue weighted by Crippen LogP contribution is -2.56. The Balaban J connectivity index is 2.23. The third kappa shape index (κ3) is 4.95. The summed E-state index contributed by atoms with van der Waals surface area (Å²) in [6.45, 7) is 9.48. The lowest BCUT2D eigenvalue weighted by Gasteiger charge is -2.42. The second-order valence-corrected chi connectivity index (χ2v) is 6.84. The molecule has 0 spiro atoms. The predicted octanol–water partition coefficient (Wildman–Crippen LogP) is 2.29. The number of carbonyl (C=O) groups is 2. The van der Waals surface area contributed by atoms with Crippen LogP contribution in [0.15, 0.2) is 24.3 Å². The number of ether oxygens (including phenoxy) is 2. The highest BCUT2D eigenvalue weighted by molar-refractivity contribution is 5.80. The third-order valence-electron chi connectivity index (χ3n) is 4.30. The van der Waals surface area contributed by atoms with Gasteiger partial charge in [0.15, 0.2) is 0 Å². The van der Waals surface area contributed by atoms with Gasteiger partial charge in [-0.25, -0.2) is 0 Å². The molecule has 1 aromatic rings. The Hall–Kier alpha value is -2.08. The molecule has 2 amide bonds. The zero-order chi connectivity index (χ0) is 18.4.